The van der Waals surface area contributed by atoms with Crippen LogP contribution in [0.25, 0.3) is 10.9 Å². The van der Waals surface area contributed by atoms with Gasteiger partial charge < -0.3 is 9.47 Å². The average molecular weight is 357 g/mol. The van der Waals surface area contributed by atoms with Gasteiger partial charge >= 0.3 is 0 Å². The van der Waals surface area contributed by atoms with Crippen LogP contribution in [0, 0.1) is 0 Å². The van der Waals surface area contributed by atoms with Gasteiger partial charge in [-0.05, 0) is 30.4 Å². The second-order valence-electron chi connectivity index (χ2n) is 6.43. The van der Waals surface area contributed by atoms with Crippen LogP contribution in [0.2, 0.25) is 0 Å². The van der Waals surface area contributed by atoms with Gasteiger partial charge in [-0.2, -0.15) is 0 Å². The first kappa shape index (κ1) is 16.2. The smallest absolute Gasteiger partial charge is 0.289 e. The van der Waals surface area contributed by atoms with E-state index >= 15 is 0 Å². The van der Waals surface area contributed by atoms with Gasteiger partial charge in [-0.25, -0.2) is 0 Å². The van der Waals surface area contributed by atoms with Gasteiger partial charge in [0.05, 0.1) is 5.75 Å². The van der Waals surface area contributed by atoms with Crippen LogP contribution in [-0.2, 0) is 16.1 Å². The Kier molecular flexibility index (Phi) is 4.25. The van der Waals surface area contributed by atoms with E-state index in [1.165, 1.54) is 4.90 Å². The Hall–Kier alpha value is -2.28. The molecule has 0 aliphatic carbocycles. The van der Waals surface area contributed by atoms with Crippen molar-refractivity contribution < 1.29 is 14.4 Å². The lowest BCUT2D eigenvalue weighted by atomic mass is 10.0. The Morgan fingerprint density at radius 2 is 1.88 bits per heavy atom. The molecule has 2 aliphatic rings. The Labute approximate surface area is 149 Å². The molecule has 0 radical (unpaired) electrons. The van der Waals surface area contributed by atoms with E-state index in [-0.39, 0.29) is 28.8 Å². The van der Waals surface area contributed by atoms with E-state index in [1.54, 1.807) is 0 Å². The number of fused-ring (bicyclic) bond motifs is 1. The van der Waals surface area contributed by atoms with E-state index in [0.29, 0.717) is 32.5 Å². The first-order valence-corrected chi connectivity index (χ1v) is 9.42. The monoisotopic (exact) mass is 357 g/mol. The molecular weight excluding hydrogens is 338 g/mol. The van der Waals surface area contributed by atoms with Crippen LogP contribution >= 0.6 is 11.8 Å². The van der Waals surface area contributed by atoms with Crippen LogP contribution in [0.4, 0.5) is 4.79 Å². The molecule has 0 N–H and O–H groups in total. The normalized spacial score (nSPS) is 19.2. The SMILES string of the molecule is O=C(Cn1ccc2ccccc21)N1CCC(N2C(=O)CSC2=O)CC1. The zero-order valence-corrected chi connectivity index (χ0v) is 14.6. The van der Waals surface area contributed by atoms with E-state index in [9.17, 15) is 14.4 Å². The highest BCUT2D eigenvalue weighted by atomic mass is 32.2. The number of imide groups is 1. The summed E-state index contributed by atoms with van der Waals surface area (Å²) in [6.45, 7) is 1.49. The topological polar surface area (TPSA) is 62.6 Å². The van der Waals surface area contributed by atoms with Crippen molar-refractivity contribution >= 4 is 39.7 Å². The van der Waals surface area contributed by atoms with Gasteiger partial charge in [-0.3, -0.25) is 19.3 Å². The van der Waals surface area contributed by atoms with E-state index in [4.69, 9.17) is 0 Å². The Bertz CT molecular complexity index is 823. The van der Waals surface area contributed by atoms with Gasteiger partial charge in [0.15, 0.2) is 0 Å². The van der Waals surface area contributed by atoms with Crippen molar-refractivity contribution in [3.05, 3.63) is 36.5 Å². The largest absolute Gasteiger partial charge is 0.341 e. The quantitative estimate of drug-likeness (QED) is 0.846. The number of carbonyl (C=O) groups is 3. The van der Waals surface area contributed by atoms with E-state index in [1.807, 2.05) is 46.0 Å². The number of likely N-dealkylation sites (tertiary alicyclic amines) is 1. The summed E-state index contributed by atoms with van der Waals surface area (Å²) in [7, 11) is 0. The molecule has 0 unspecified atom stereocenters. The van der Waals surface area contributed by atoms with Crippen molar-refractivity contribution in [2.75, 3.05) is 18.8 Å². The third-order valence-electron chi connectivity index (χ3n) is 4.95. The highest BCUT2D eigenvalue weighted by Gasteiger charge is 2.37. The molecular formula is C18H19N3O3S. The van der Waals surface area contributed by atoms with Crippen molar-refractivity contribution in [2.45, 2.75) is 25.4 Å². The van der Waals surface area contributed by atoms with Gasteiger partial charge in [-0.15, -0.1) is 0 Å². The summed E-state index contributed by atoms with van der Waals surface area (Å²) in [5, 5.41) is 0.978. The van der Waals surface area contributed by atoms with Gasteiger partial charge in [0.2, 0.25) is 11.8 Å². The number of thioether (sulfide) groups is 1. The van der Waals surface area contributed by atoms with E-state index in [0.717, 1.165) is 22.7 Å². The number of carbonyl (C=O) groups excluding carboxylic acids is 3. The molecule has 1 aromatic heterocycles. The number of benzene rings is 1. The van der Waals surface area contributed by atoms with Crippen LogP contribution in [0.3, 0.4) is 0 Å². The predicted molar refractivity (Wildman–Crippen MR) is 96.2 cm³/mol. The third kappa shape index (κ3) is 3.04. The van der Waals surface area contributed by atoms with Crippen LogP contribution in [-0.4, -0.2) is 56.3 Å². The van der Waals surface area contributed by atoms with Crippen molar-refractivity contribution in [2.24, 2.45) is 0 Å². The predicted octanol–water partition coefficient (Wildman–Crippen LogP) is 2.33. The van der Waals surface area contributed by atoms with Crippen molar-refractivity contribution in [3.8, 4) is 0 Å². The van der Waals surface area contributed by atoms with Crippen LogP contribution in [0.1, 0.15) is 12.8 Å². The molecule has 130 valence electrons. The van der Waals surface area contributed by atoms with Crippen LogP contribution < -0.4 is 0 Å². The molecule has 2 aromatic rings. The fraction of sp³-hybridized carbons (Fsp3) is 0.389. The average Bonchev–Trinajstić information content (AvgIpc) is 3.19. The molecule has 4 rings (SSSR count). The summed E-state index contributed by atoms with van der Waals surface area (Å²) in [5.41, 5.74) is 1.05. The van der Waals surface area contributed by atoms with E-state index < -0.39 is 0 Å². The Morgan fingerprint density at radius 1 is 1.12 bits per heavy atom. The molecule has 25 heavy (non-hydrogen) atoms. The number of hydrogen-bond acceptors (Lipinski definition) is 4. The molecule has 3 amide bonds. The third-order valence-corrected chi connectivity index (χ3v) is 5.79. The maximum Gasteiger partial charge on any atom is 0.289 e. The summed E-state index contributed by atoms with van der Waals surface area (Å²) in [6.07, 6.45) is 3.26. The molecule has 0 bridgehead atoms. The standard InChI is InChI=1S/C18H19N3O3S/c22-16(11-20-8-5-13-3-1-2-4-15(13)20)19-9-6-14(7-10-19)21-17(23)12-25-18(21)24/h1-5,8,14H,6-7,9-12H2. The molecule has 6 nitrogen and oxygen atoms in total. The fourth-order valence-corrected chi connectivity index (χ4v) is 4.39. The molecule has 3 heterocycles. The minimum absolute atomic E-state index is 0.0635. The van der Waals surface area contributed by atoms with Gasteiger partial charge in [-0.1, -0.05) is 30.0 Å². The summed E-state index contributed by atoms with van der Waals surface area (Å²) in [4.78, 5) is 39.5. The number of hydrogen-bond donors (Lipinski definition) is 0. The lowest BCUT2D eigenvalue weighted by Gasteiger charge is -2.35. The maximum atomic E-state index is 12.6. The summed E-state index contributed by atoms with van der Waals surface area (Å²) in [5.74, 6) is 0.227. The number of rotatable bonds is 3. The molecule has 0 spiro atoms. The Morgan fingerprint density at radius 3 is 2.60 bits per heavy atom. The molecule has 2 saturated heterocycles. The van der Waals surface area contributed by atoms with Crippen molar-refractivity contribution in [3.63, 3.8) is 0 Å². The van der Waals surface area contributed by atoms with Gasteiger partial charge in [0.1, 0.15) is 6.54 Å². The number of para-hydroxylation sites is 1. The van der Waals surface area contributed by atoms with E-state index in [2.05, 4.69) is 0 Å². The molecule has 2 aliphatic heterocycles. The summed E-state index contributed by atoms with van der Waals surface area (Å²) in [6, 6.07) is 9.94. The van der Waals surface area contributed by atoms with Crippen molar-refractivity contribution in [1.82, 2.24) is 14.4 Å². The summed E-state index contributed by atoms with van der Waals surface area (Å²) < 4.78 is 1.97. The van der Waals surface area contributed by atoms with Crippen LogP contribution in [0.15, 0.2) is 36.5 Å². The minimum atomic E-state index is -0.145. The first-order chi connectivity index (χ1) is 12.1. The molecule has 1 aromatic carbocycles. The molecule has 2 fully saturated rings. The van der Waals surface area contributed by atoms with Gasteiger partial charge in [0, 0.05) is 30.8 Å². The second-order valence-corrected chi connectivity index (χ2v) is 7.36. The number of aromatic nitrogens is 1. The lowest BCUT2D eigenvalue weighted by molar-refractivity contribution is -0.133. The zero-order chi connectivity index (χ0) is 17.4. The Balaban J connectivity index is 1.38. The molecule has 0 saturated carbocycles. The zero-order valence-electron chi connectivity index (χ0n) is 13.8. The highest BCUT2D eigenvalue weighted by Crippen LogP contribution is 2.27. The molecule has 0 atom stereocenters. The van der Waals surface area contributed by atoms with Crippen molar-refractivity contribution in [1.29, 1.82) is 0 Å². The van der Waals surface area contributed by atoms with Crippen LogP contribution in [0.5, 0.6) is 0 Å². The lowest BCUT2D eigenvalue weighted by Crippen LogP contribution is -2.48. The molecule has 7 heteroatoms. The minimum Gasteiger partial charge on any atom is -0.341 e. The maximum absolute atomic E-state index is 12.6. The summed E-state index contributed by atoms with van der Waals surface area (Å²) >= 11 is 1.07. The first-order valence-electron chi connectivity index (χ1n) is 8.44. The van der Waals surface area contributed by atoms with Gasteiger partial charge in [0.25, 0.3) is 5.24 Å². The second kappa shape index (κ2) is 6.55. The number of piperidine rings is 1. The number of amides is 3. The highest BCUT2D eigenvalue weighted by molar-refractivity contribution is 8.14. The number of nitrogens with zero attached hydrogens (tertiary/aromatic N) is 3. The fourth-order valence-electron chi connectivity index (χ4n) is 3.61.